The molecule has 18 heavy (non-hydrogen) atoms. The minimum Gasteiger partial charge on any atom is -0.495 e. The van der Waals surface area contributed by atoms with Crippen LogP contribution in [0.1, 0.15) is 16.8 Å². The number of hydrogen-bond donors (Lipinski definition) is 1. The lowest BCUT2D eigenvalue weighted by Gasteiger charge is -2.18. The lowest BCUT2D eigenvalue weighted by atomic mass is 10.1. The quantitative estimate of drug-likeness (QED) is 0.834. The molecule has 2 rings (SSSR count). The molecule has 0 atom stereocenters. The van der Waals surface area contributed by atoms with Gasteiger partial charge in [-0.2, -0.15) is 0 Å². The van der Waals surface area contributed by atoms with Gasteiger partial charge >= 0.3 is 0 Å². The van der Waals surface area contributed by atoms with Crippen LogP contribution in [0.2, 0.25) is 5.02 Å². The topological polar surface area (TPSA) is 72.6 Å². The normalized spacial score (nSPS) is 14.1. The second kappa shape index (κ2) is 4.96. The van der Waals surface area contributed by atoms with Crippen LogP contribution in [0.15, 0.2) is 12.1 Å². The molecule has 2 N–H and O–H groups in total. The van der Waals surface area contributed by atoms with Gasteiger partial charge in [-0.3, -0.25) is 9.59 Å². The van der Waals surface area contributed by atoms with E-state index in [-0.39, 0.29) is 10.6 Å². The molecule has 0 aromatic heterocycles. The zero-order chi connectivity index (χ0) is 13.3. The number of fused-ring (bicyclic) bond motifs is 1. The number of carbonyl (C=O) groups is 2. The fraction of sp³-hybridized carbons (Fsp3) is 0.333. The van der Waals surface area contributed by atoms with Crippen LogP contribution in [0, 0.1) is 0 Å². The molecule has 5 nitrogen and oxygen atoms in total. The summed E-state index contributed by atoms with van der Waals surface area (Å²) < 4.78 is 5.18. The minimum atomic E-state index is -0.592. The summed E-state index contributed by atoms with van der Waals surface area (Å²) >= 11 is 5.98. The van der Waals surface area contributed by atoms with Crippen LogP contribution in [-0.2, 0) is 4.79 Å². The number of Topliss-reactive ketones (excluding diaryl/α,β-unsaturated/α-hetero) is 1. The van der Waals surface area contributed by atoms with E-state index in [1.165, 1.54) is 12.0 Å². The highest BCUT2D eigenvalue weighted by atomic mass is 35.5. The maximum Gasteiger partial charge on any atom is 0.299 e. The Hall–Kier alpha value is -1.59. The number of methoxy groups -OCH3 is 1. The van der Waals surface area contributed by atoms with Crippen molar-refractivity contribution in [2.24, 2.45) is 5.73 Å². The molecule has 1 heterocycles. The van der Waals surface area contributed by atoms with Gasteiger partial charge < -0.3 is 15.4 Å². The number of hydrogen-bond acceptors (Lipinski definition) is 4. The lowest BCUT2D eigenvalue weighted by molar-refractivity contribution is -0.114. The summed E-state index contributed by atoms with van der Waals surface area (Å²) in [4.78, 5) is 25.2. The number of carbonyl (C=O) groups excluding carboxylic acids is 2. The van der Waals surface area contributed by atoms with Crippen molar-refractivity contribution in [3.05, 3.63) is 22.7 Å². The number of amides is 1. The summed E-state index contributed by atoms with van der Waals surface area (Å²) in [6, 6.07) is 3.19. The van der Waals surface area contributed by atoms with E-state index in [2.05, 4.69) is 0 Å². The molecule has 0 fully saturated rings. The Labute approximate surface area is 109 Å². The molecule has 0 bridgehead atoms. The van der Waals surface area contributed by atoms with Crippen molar-refractivity contribution in [1.29, 1.82) is 0 Å². The highest BCUT2D eigenvalue weighted by Gasteiger charge is 2.39. The number of halogens is 1. The molecule has 1 aromatic rings. The molecule has 0 saturated heterocycles. The Morgan fingerprint density at radius 3 is 2.72 bits per heavy atom. The standard InChI is InChI=1S/C12H13ClN2O3/c1-18-8-4-3-7(13)9-10(8)15(6-2-5-14)12(17)11(9)16/h3-4H,2,5-6,14H2,1H3. The first-order chi connectivity index (χ1) is 8.61. The van der Waals surface area contributed by atoms with Crippen molar-refractivity contribution in [3.8, 4) is 5.75 Å². The predicted molar refractivity (Wildman–Crippen MR) is 68.4 cm³/mol. The van der Waals surface area contributed by atoms with Crippen LogP contribution in [0.4, 0.5) is 5.69 Å². The van der Waals surface area contributed by atoms with E-state index in [4.69, 9.17) is 22.1 Å². The largest absolute Gasteiger partial charge is 0.495 e. The van der Waals surface area contributed by atoms with Crippen molar-refractivity contribution in [2.75, 3.05) is 25.1 Å². The SMILES string of the molecule is COc1ccc(Cl)c2c1N(CCCN)C(=O)C2=O. The number of ether oxygens (including phenoxy) is 1. The van der Waals surface area contributed by atoms with Crippen LogP contribution >= 0.6 is 11.6 Å². The number of nitrogens with two attached hydrogens (primary N) is 1. The summed E-state index contributed by atoms with van der Waals surface area (Å²) in [5.41, 5.74) is 6.10. The predicted octanol–water partition coefficient (Wildman–Crippen LogP) is 1.23. The van der Waals surface area contributed by atoms with Gasteiger partial charge in [0.25, 0.3) is 11.7 Å². The zero-order valence-corrected chi connectivity index (χ0v) is 10.7. The Morgan fingerprint density at radius 1 is 1.39 bits per heavy atom. The van der Waals surface area contributed by atoms with E-state index in [1.54, 1.807) is 12.1 Å². The van der Waals surface area contributed by atoms with Crippen LogP contribution in [0.3, 0.4) is 0 Å². The third kappa shape index (κ3) is 1.85. The van der Waals surface area contributed by atoms with E-state index in [1.807, 2.05) is 0 Å². The van der Waals surface area contributed by atoms with Gasteiger partial charge in [-0.25, -0.2) is 0 Å². The van der Waals surface area contributed by atoms with Crippen LogP contribution in [-0.4, -0.2) is 31.9 Å². The fourth-order valence-corrected chi connectivity index (χ4v) is 2.23. The third-order valence-corrected chi connectivity index (χ3v) is 3.15. The Bertz CT molecular complexity index is 516. The molecule has 0 saturated carbocycles. The molecule has 96 valence electrons. The Morgan fingerprint density at radius 2 is 2.11 bits per heavy atom. The van der Waals surface area contributed by atoms with Crippen molar-refractivity contribution in [2.45, 2.75) is 6.42 Å². The highest BCUT2D eigenvalue weighted by molar-refractivity contribution is 6.55. The van der Waals surface area contributed by atoms with E-state index >= 15 is 0 Å². The maximum atomic E-state index is 11.9. The summed E-state index contributed by atoms with van der Waals surface area (Å²) in [7, 11) is 1.48. The van der Waals surface area contributed by atoms with Gasteiger partial charge in [0.05, 0.1) is 23.4 Å². The molecule has 0 aliphatic carbocycles. The van der Waals surface area contributed by atoms with Crippen molar-refractivity contribution in [3.63, 3.8) is 0 Å². The maximum absolute atomic E-state index is 11.9. The van der Waals surface area contributed by atoms with Gasteiger partial charge in [0.1, 0.15) is 5.75 Å². The highest BCUT2D eigenvalue weighted by Crippen LogP contribution is 2.41. The van der Waals surface area contributed by atoms with Crippen LogP contribution in [0.5, 0.6) is 5.75 Å². The lowest BCUT2D eigenvalue weighted by Crippen LogP contribution is -2.31. The van der Waals surface area contributed by atoms with Gasteiger partial charge in [0.2, 0.25) is 0 Å². The molecule has 1 aliphatic heterocycles. The number of nitrogens with zero attached hydrogens (tertiary/aromatic N) is 1. The molecule has 0 unspecified atom stereocenters. The smallest absolute Gasteiger partial charge is 0.299 e. The van der Waals surface area contributed by atoms with Crippen LogP contribution < -0.4 is 15.4 Å². The average Bonchev–Trinajstić information content (AvgIpc) is 2.62. The third-order valence-electron chi connectivity index (χ3n) is 2.83. The molecular weight excluding hydrogens is 256 g/mol. The van der Waals surface area contributed by atoms with Gasteiger partial charge in [0.15, 0.2) is 0 Å². The number of ketones is 1. The molecule has 0 radical (unpaired) electrons. The van der Waals surface area contributed by atoms with Crippen LogP contribution in [0.25, 0.3) is 0 Å². The molecular formula is C12H13ClN2O3. The fourth-order valence-electron chi connectivity index (χ4n) is 1.99. The van der Waals surface area contributed by atoms with E-state index in [9.17, 15) is 9.59 Å². The summed E-state index contributed by atoms with van der Waals surface area (Å²) in [6.07, 6.45) is 0.605. The summed E-state index contributed by atoms with van der Waals surface area (Å²) in [5.74, 6) is -0.707. The number of benzene rings is 1. The van der Waals surface area contributed by atoms with E-state index in [0.29, 0.717) is 30.9 Å². The van der Waals surface area contributed by atoms with Gasteiger partial charge in [0, 0.05) is 6.54 Å². The molecule has 0 spiro atoms. The molecule has 6 heteroatoms. The Kier molecular flexibility index (Phi) is 3.54. The average molecular weight is 269 g/mol. The molecule has 1 aliphatic rings. The summed E-state index contributed by atoms with van der Waals surface area (Å²) in [5, 5.41) is 0.263. The number of rotatable bonds is 4. The van der Waals surface area contributed by atoms with E-state index < -0.39 is 11.7 Å². The first-order valence-electron chi connectivity index (χ1n) is 5.54. The number of anilines is 1. The second-order valence-corrected chi connectivity index (χ2v) is 4.31. The Balaban J connectivity index is 2.54. The van der Waals surface area contributed by atoms with Gasteiger partial charge in [-0.05, 0) is 25.1 Å². The van der Waals surface area contributed by atoms with Crippen molar-refractivity contribution in [1.82, 2.24) is 0 Å². The first kappa shape index (κ1) is 12.9. The molecule has 1 amide bonds. The first-order valence-corrected chi connectivity index (χ1v) is 5.92. The van der Waals surface area contributed by atoms with Crippen molar-refractivity contribution >= 4 is 29.0 Å². The molecule has 1 aromatic carbocycles. The summed E-state index contributed by atoms with van der Waals surface area (Å²) in [6.45, 7) is 0.820. The monoisotopic (exact) mass is 268 g/mol. The zero-order valence-electron chi connectivity index (χ0n) is 9.90. The van der Waals surface area contributed by atoms with Gasteiger partial charge in [-0.1, -0.05) is 11.6 Å². The van der Waals surface area contributed by atoms with Crippen molar-refractivity contribution < 1.29 is 14.3 Å². The van der Waals surface area contributed by atoms with E-state index in [0.717, 1.165) is 0 Å². The second-order valence-electron chi connectivity index (χ2n) is 3.90. The van der Waals surface area contributed by atoms with Gasteiger partial charge in [-0.15, -0.1) is 0 Å². The minimum absolute atomic E-state index is 0.220.